The number of hydrogen-bond donors (Lipinski definition) is 1. The number of ether oxygens (including phenoxy) is 2. The first-order chi connectivity index (χ1) is 8.18. The van der Waals surface area contributed by atoms with Crippen molar-refractivity contribution in [2.45, 2.75) is 40.0 Å². The van der Waals surface area contributed by atoms with Crippen molar-refractivity contribution >= 4 is 0 Å². The van der Waals surface area contributed by atoms with Crippen molar-refractivity contribution in [2.75, 3.05) is 39.5 Å². The third-order valence-electron chi connectivity index (χ3n) is 3.38. The lowest BCUT2D eigenvalue weighted by atomic mass is 9.79. The predicted molar refractivity (Wildman–Crippen MR) is 71.3 cm³/mol. The fourth-order valence-electron chi connectivity index (χ4n) is 2.33. The highest BCUT2D eigenvalue weighted by Crippen LogP contribution is 2.31. The van der Waals surface area contributed by atoms with Gasteiger partial charge >= 0.3 is 0 Å². The van der Waals surface area contributed by atoms with E-state index in [0.717, 1.165) is 45.9 Å². The minimum absolute atomic E-state index is 0.311. The molecule has 1 heterocycles. The zero-order valence-corrected chi connectivity index (χ0v) is 11.8. The number of nitrogens with one attached hydrogen (secondary N) is 1. The van der Waals surface area contributed by atoms with Crippen molar-refractivity contribution in [3.05, 3.63) is 0 Å². The number of rotatable bonds is 8. The molecule has 0 aromatic heterocycles. The van der Waals surface area contributed by atoms with Crippen molar-refractivity contribution in [1.29, 1.82) is 0 Å². The highest BCUT2D eigenvalue weighted by molar-refractivity contribution is 4.83. The van der Waals surface area contributed by atoms with Crippen LogP contribution in [-0.2, 0) is 9.47 Å². The van der Waals surface area contributed by atoms with Crippen LogP contribution in [0.3, 0.4) is 0 Å². The molecule has 1 atom stereocenters. The van der Waals surface area contributed by atoms with Gasteiger partial charge in [0.1, 0.15) is 0 Å². The zero-order chi connectivity index (χ0) is 12.6. The van der Waals surface area contributed by atoms with Crippen LogP contribution in [-0.4, -0.2) is 39.5 Å². The van der Waals surface area contributed by atoms with Crippen LogP contribution >= 0.6 is 0 Å². The van der Waals surface area contributed by atoms with Crippen molar-refractivity contribution in [2.24, 2.45) is 11.3 Å². The van der Waals surface area contributed by atoms with Crippen LogP contribution in [0.25, 0.3) is 0 Å². The molecule has 0 bridgehead atoms. The third kappa shape index (κ3) is 5.84. The van der Waals surface area contributed by atoms with E-state index in [1.807, 2.05) is 0 Å². The minimum Gasteiger partial charge on any atom is -0.381 e. The van der Waals surface area contributed by atoms with Crippen LogP contribution in [0.2, 0.25) is 0 Å². The van der Waals surface area contributed by atoms with Crippen LogP contribution in [0.1, 0.15) is 40.0 Å². The smallest absolute Gasteiger partial charge is 0.0535 e. The Bertz CT molecular complexity index is 189. The standard InChI is InChI=1S/C14H29NO2/c1-4-15-11-14(6-5-8-17-12-14)7-9-16-10-13(2)3/h13,15H,4-12H2,1-3H3. The van der Waals surface area contributed by atoms with Gasteiger partial charge in [0.05, 0.1) is 6.61 Å². The van der Waals surface area contributed by atoms with Crippen molar-refractivity contribution in [1.82, 2.24) is 5.32 Å². The van der Waals surface area contributed by atoms with Gasteiger partial charge in [0.2, 0.25) is 0 Å². The summed E-state index contributed by atoms with van der Waals surface area (Å²) < 4.78 is 11.4. The lowest BCUT2D eigenvalue weighted by Crippen LogP contribution is -2.42. The van der Waals surface area contributed by atoms with Crippen LogP contribution in [0.4, 0.5) is 0 Å². The fourth-order valence-corrected chi connectivity index (χ4v) is 2.33. The maximum Gasteiger partial charge on any atom is 0.0535 e. The average Bonchev–Trinajstić information content (AvgIpc) is 2.33. The molecule has 0 aromatic rings. The van der Waals surface area contributed by atoms with Gasteiger partial charge in [-0.15, -0.1) is 0 Å². The quantitative estimate of drug-likeness (QED) is 0.664. The van der Waals surface area contributed by atoms with Gasteiger partial charge in [-0.25, -0.2) is 0 Å². The van der Waals surface area contributed by atoms with Gasteiger partial charge in [-0.2, -0.15) is 0 Å². The molecule has 0 amide bonds. The Labute approximate surface area is 106 Å². The molecule has 0 aromatic carbocycles. The van der Waals surface area contributed by atoms with Gasteiger partial charge in [0.15, 0.2) is 0 Å². The summed E-state index contributed by atoms with van der Waals surface area (Å²) in [5.74, 6) is 0.627. The molecule has 1 saturated heterocycles. The van der Waals surface area contributed by atoms with E-state index in [-0.39, 0.29) is 0 Å². The molecule has 1 rings (SSSR count). The SMILES string of the molecule is CCNCC1(CCOCC(C)C)CCCOC1. The molecule has 0 radical (unpaired) electrons. The predicted octanol–water partition coefficient (Wildman–Crippen LogP) is 2.46. The van der Waals surface area contributed by atoms with Crippen molar-refractivity contribution in [3.8, 4) is 0 Å². The molecule has 1 unspecified atom stereocenters. The Kier molecular flexibility index (Phi) is 7.09. The molecule has 0 saturated carbocycles. The Morgan fingerprint density at radius 1 is 1.41 bits per heavy atom. The average molecular weight is 243 g/mol. The molecule has 102 valence electrons. The van der Waals surface area contributed by atoms with E-state index in [1.54, 1.807) is 0 Å². The van der Waals surface area contributed by atoms with Crippen LogP contribution < -0.4 is 5.32 Å². The lowest BCUT2D eigenvalue weighted by Gasteiger charge is -2.37. The first kappa shape index (κ1) is 14.9. The molecular weight excluding hydrogens is 214 g/mol. The first-order valence-electron chi connectivity index (χ1n) is 7.05. The first-order valence-corrected chi connectivity index (χ1v) is 7.05. The second-order valence-electron chi connectivity index (χ2n) is 5.66. The maximum absolute atomic E-state index is 5.72. The summed E-state index contributed by atoms with van der Waals surface area (Å²) in [6.07, 6.45) is 3.58. The summed E-state index contributed by atoms with van der Waals surface area (Å²) in [5, 5.41) is 3.47. The molecule has 1 aliphatic rings. The Hall–Kier alpha value is -0.120. The second-order valence-corrected chi connectivity index (χ2v) is 5.66. The molecule has 3 nitrogen and oxygen atoms in total. The maximum atomic E-state index is 5.72. The molecule has 3 heteroatoms. The summed E-state index contributed by atoms with van der Waals surface area (Å²) in [4.78, 5) is 0. The van der Waals surface area contributed by atoms with Crippen molar-refractivity contribution < 1.29 is 9.47 Å². The van der Waals surface area contributed by atoms with E-state index in [1.165, 1.54) is 12.8 Å². The van der Waals surface area contributed by atoms with Gasteiger partial charge in [0, 0.05) is 31.8 Å². The Morgan fingerprint density at radius 3 is 2.82 bits per heavy atom. The molecule has 1 aliphatic heterocycles. The normalized spacial score (nSPS) is 25.4. The third-order valence-corrected chi connectivity index (χ3v) is 3.38. The van der Waals surface area contributed by atoms with E-state index in [2.05, 4.69) is 26.1 Å². The van der Waals surface area contributed by atoms with Gasteiger partial charge < -0.3 is 14.8 Å². The lowest BCUT2D eigenvalue weighted by molar-refractivity contribution is -0.0287. The highest BCUT2D eigenvalue weighted by atomic mass is 16.5. The van der Waals surface area contributed by atoms with E-state index in [0.29, 0.717) is 11.3 Å². The van der Waals surface area contributed by atoms with E-state index < -0.39 is 0 Å². The minimum atomic E-state index is 0.311. The number of hydrogen-bond acceptors (Lipinski definition) is 3. The van der Waals surface area contributed by atoms with Crippen LogP contribution in [0.15, 0.2) is 0 Å². The highest BCUT2D eigenvalue weighted by Gasteiger charge is 2.32. The fraction of sp³-hybridized carbons (Fsp3) is 1.00. The van der Waals surface area contributed by atoms with E-state index >= 15 is 0 Å². The Morgan fingerprint density at radius 2 is 2.24 bits per heavy atom. The monoisotopic (exact) mass is 243 g/mol. The summed E-state index contributed by atoms with van der Waals surface area (Å²) in [6.45, 7) is 12.2. The van der Waals surface area contributed by atoms with E-state index in [9.17, 15) is 0 Å². The van der Waals surface area contributed by atoms with Crippen molar-refractivity contribution in [3.63, 3.8) is 0 Å². The largest absolute Gasteiger partial charge is 0.381 e. The summed E-state index contributed by atoms with van der Waals surface area (Å²) in [7, 11) is 0. The van der Waals surface area contributed by atoms with Crippen LogP contribution in [0, 0.1) is 11.3 Å². The summed E-state index contributed by atoms with van der Waals surface area (Å²) >= 11 is 0. The molecular formula is C14H29NO2. The topological polar surface area (TPSA) is 30.5 Å². The molecule has 1 N–H and O–H groups in total. The van der Waals surface area contributed by atoms with Crippen LogP contribution in [0.5, 0.6) is 0 Å². The van der Waals surface area contributed by atoms with Gasteiger partial charge in [0.25, 0.3) is 0 Å². The Balaban J connectivity index is 2.29. The van der Waals surface area contributed by atoms with E-state index in [4.69, 9.17) is 9.47 Å². The van der Waals surface area contributed by atoms with Gasteiger partial charge in [-0.05, 0) is 31.7 Å². The zero-order valence-electron chi connectivity index (χ0n) is 11.8. The molecule has 0 aliphatic carbocycles. The summed E-state index contributed by atoms with van der Waals surface area (Å²) in [6, 6.07) is 0. The van der Waals surface area contributed by atoms with Gasteiger partial charge in [-0.1, -0.05) is 20.8 Å². The summed E-state index contributed by atoms with van der Waals surface area (Å²) in [5.41, 5.74) is 0.311. The second kappa shape index (κ2) is 8.06. The molecule has 17 heavy (non-hydrogen) atoms. The molecule has 1 fully saturated rings. The van der Waals surface area contributed by atoms with Gasteiger partial charge in [-0.3, -0.25) is 0 Å². The molecule has 0 spiro atoms.